The van der Waals surface area contributed by atoms with Gasteiger partial charge in [-0.05, 0) is 30.7 Å². The second kappa shape index (κ2) is 6.07. The van der Waals surface area contributed by atoms with E-state index in [-0.39, 0.29) is 5.41 Å². The monoisotopic (exact) mass is 330 g/mol. The van der Waals surface area contributed by atoms with E-state index in [0.29, 0.717) is 19.8 Å². The standard InChI is InChI=1S/C19H26O3Si/c1-5-11-18-13-20-19(21-14-18,22-15-18)17-8-6-16(7-9-17)10-12-23(2,3)4/h6-9H,5,11,13-15H2,1-4H3. The van der Waals surface area contributed by atoms with Crippen molar-refractivity contribution in [3.8, 4) is 11.5 Å². The van der Waals surface area contributed by atoms with Crippen LogP contribution < -0.4 is 0 Å². The van der Waals surface area contributed by atoms with E-state index in [2.05, 4.69) is 38.0 Å². The molecule has 2 bridgehead atoms. The van der Waals surface area contributed by atoms with Gasteiger partial charge in [-0.3, -0.25) is 0 Å². The molecule has 0 spiro atoms. The first kappa shape index (κ1) is 16.7. The fourth-order valence-corrected chi connectivity index (χ4v) is 3.53. The summed E-state index contributed by atoms with van der Waals surface area (Å²) in [5, 5.41) is 0. The Morgan fingerprint density at radius 3 is 2.04 bits per heavy atom. The summed E-state index contributed by atoms with van der Waals surface area (Å²) in [6.45, 7) is 11.0. The second-order valence-corrected chi connectivity index (χ2v) is 12.5. The summed E-state index contributed by atoms with van der Waals surface area (Å²) in [6, 6.07) is 8.06. The fourth-order valence-electron chi connectivity index (χ4n) is 3.01. The molecule has 0 aliphatic carbocycles. The molecular weight excluding hydrogens is 304 g/mol. The van der Waals surface area contributed by atoms with Crippen molar-refractivity contribution in [2.45, 2.75) is 45.4 Å². The highest BCUT2D eigenvalue weighted by atomic mass is 28.3. The molecule has 4 rings (SSSR count). The van der Waals surface area contributed by atoms with Gasteiger partial charge in [0.2, 0.25) is 0 Å². The number of rotatable bonds is 3. The molecule has 1 aromatic carbocycles. The van der Waals surface area contributed by atoms with Gasteiger partial charge in [-0.15, -0.1) is 5.54 Å². The molecule has 0 unspecified atom stereocenters. The summed E-state index contributed by atoms with van der Waals surface area (Å²) in [5.41, 5.74) is 5.37. The quantitative estimate of drug-likeness (QED) is 0.621. The van der Waals surface area contributed by atoms with Gasteiger partial charge in [0.1, 0.15) is 8.07 Å². The fraction of sp³-hybridized carbons (Fsp3) is 0.579. The first-order valence-corrected chi connectivity index (χ1v) is 11.9. The second-order valence-electron chi connectivity index (χ2n) is 7.75. The van der Waals surface area contributed by atoms with Crippen LogP contribution in [0.1, 0.15) is 30.9 Å². The average Bonchev–Trinajstić information content (AvgIpc) is 2.55. The molecule has 3 aliphatic heterocycles. The summed E-state index contributed by atoms with van der Waals surface area (Å²) in [6.07, 6.45) is 2.20. The van der Waals surface area contributed by atoms with Crippen LogP contribution in [0.4, 0.5) is 0 Å². The Hall–Kier alpha value is -1.12. The molecule has 4 heteroatoms. The van der Waals surface area contributed by atoms with Crippen LogP contribution in [0, 0.1) is 16.9 Å². The maximum Gasteiger partial charge on any atom is 0.312 e. The van der Waals surface area contributed by atoms with Gasteiger partial charge in [-0.1, -0.05) is 38.9 Å². The van der Waals surface area contributed by atoms with Gasteiger partial charge < -0.3 is 14.2 Å². The normalized spacial score (nSPS) is 29.9. The Labute approximate surface area is 140 Å². The summed E-state index contributed by atoms with van der Waals surface area (Å²) in [5.74, 6) is 2.25. The van der Waals surface area contributed by atoms with Crippen LogP contribution in [-0.2, 0) is 20.2 Å². The van der Waals surface area contributed by atoms with Crippen molar-refractivity contribution in [2.75, 3.05) is 19.8 Å². The summed E-state index contributed by atoms with van der Waals surface area (Å²) in [7, 11) is -1.35. The highest BCUT2D eigenvalue weighted by Crippen LogP contribution is 2.46. The number of fused-ring (bicyclic) bond motifs is 3. The van der Waals surface area contributed by atoms with Crippen LogP contribution in [-0.4, -0.2) is 27.9 Å². The van der Waals surface area contributed by atoms with Crippen LogP contribution in [0.5, 0.6) is 0 Å². The van der Waals surface area contributed by atoms with E-state index >= 15 is 0 Å². The molecule has 3 saturated heterocycles. The van der Waals surface area contributed by atoms with E-state index in [4.69, 9.17) is 14.2 Å². The Morgan fingerprint density at radius 1 is 1.00 bits per heavy atom. The van der Waals surface area contributed by atoms with Crippen LogP contribution in [0.25, 0.3) is 0 Å². The molecule has 0 saturated carbocycles. The molecule has 3 heterocycles. The molecule has 3 nitrogen and oxygen atoms in total. The van der Waals surface area contributed by atoms with Crippen LogP contribution in [0.15, 0.2) is 24.3 Å². The molecule has 3 aliphatic rings. The number of ether oxygens (including phenoxy) is 3. The lowest BCUT2D eigenvalue weighted by molar-refractivity contribution is -0.480. The van der Waals surface area contributed by atoms with Gasteiger partial charge in [0, 0.05) is 16.5 Å². The Bertz CT molecular complexity index is 594. The zero-order valence-corrected chi connectivity index (χ0v) is 15.6. The SMILES string of the molecule is CCCC12COC(c3ccc(C#C[Si](C)(C)C)cc3)(OC1)OC2. The van der Waals surface area contributed by atoms with Gasteiger partial charge in [0.25, 0.3) is 0 Å². The van der Waals surface area contributed by atoms with Crippen molar-refractivity contribution < 1.29 is 14.2 Å². The third-order valence-electron chi connectivity index (χ3n) is 4.31. The summed E-state index contributed by atoms with van der Waals surface area (Å²) >= 11 is 0. The first-order chi connectivity index (χ1) is 10.9. The van der Waals surface area contributed by atoms with Crippen LogP contribution in [0.3, 0.4) is 0 Å². The molecule has 124 valence electrons. The van der Waals surface area contributed by atoms with E-state index in [9.17, 15) is 0 Å². The topological polar surface area (TPSA) is 27.7 Å². The molecule has 0 amide bonds. The van der Waals surface area contributed by atoms with Gasteiger partial charge in [0.05, 0.1) is 19.8 Å². The van der Waals surface area contributed by atoms with Gasteiger partial charge in [0.15, 0.2) is 0 Å². The molecule has 1 aromatic rings. The maximum absolute atomic E-state index is 5.99. The minimum atomic E-state index is -1.35. The van der Waals surface area contributed by atoms with E-state index in [0.717, 1.165) is 24.0 Å². The van der Waals surface area contributed by atoms with Crippen molar-refractivity contribution >= 4 is 8.07 Å². The Balaban J connectivity index is 1.75. The minimum Gasteiger partial charge on any atom is -0.323 e. The van der Waals surface area contributed by atoms with Gasteiger partial charge >= 0.3 is 5.97 Å². The largest absolute Gasteiger partial charge is 0.323 e. The molecule has 0 atom stereocenters. The molecule has 23 heavy (non-hydrogen) atoms. The number of hydrogen-bond acceptors (Lipinski definition) is 3. The molecule has 0 N–H and O–H groups in total. The van der Waals surface area contributed by atoms with Crippen LogP contribution in [0.2, 0.25) is 19.6 Å². The third kappa shape index (κ3) is 3.53. The lowest BCUT2D eigenvalue weighted by Gasteiger charge is -2.51. The van der Waals surface area contributed by atoms with Gasteiger partial charge in [-0.25, -0.2) is 0 Å². The first-order valence-electron chi connectivity index (χ1n) is 8.42. The third-order valence-corrected chi connectivity index (χ3v) is 5.18. The van der Waals surface area contributed by atoms with Crippen molar-refractivity contribution in [1.29, 1.82) is 0 Å². The van der Waals surface area contributed by atoms with Crippen molar-refractivity contribution in [3.05, 3.63) is 35.4 Å². The Kier molecular flexibility index (Phi) is 4.41. The van der Waals surface area contributed by atoms with E-state index in [1.54, 1.807) is 0 Å². The summed E-state index contributed by atoms with van der Waals surface area (Å²) < 4.78 is 18.0. The van der Waals surface area contributed by atoms with Crippen molar-refractivity contribution in [1.82, 2.24) is 0 Å². The minimum absolute atomic E-state index is 0.0409. The molecule has 3 fully saturated rings. The van der Waals surface area contributed by atoms with E-state index in [1.165, 1.54) is 0 Å². The van der Waals surface area contributed by atoms with Crippen molar-refractivity contribution in [3.63, 3.8) is 0 Å². The predicted molar refractivity (Wildman–Crippen MR) is 93.5 cm³/mol. The predicted octanol–water partition coefficient (Wildman–Crippen LogP) is 3.89. The summed E-state index contributed by atoms with van der Waals surface area (Å²) in [4.78, 5) is 0. The highest BCUT2D eigenvalue weighted by Gasteiger charge is 2.53. The number of benzene rings is 1. The van der Waals surface area contributed by atoms with E-state index in [1.807, 2.05) is 24.3 Å². The maximum atomic E-state index is 5.99. The number of hydrogen-bond donors (Lipinski definition) is 0. The average molecular weight is 331 g/mol. The molecule has 0 radical (unpaired) electrons. The van der Waals surface area contributed by atoms with Crippen molar-refractivity contribution in [2.24, 2.45) is 5.41 Å². The zero-order chi connectivity index (χ0) is 16.6. The van der Waals surface area contributed by atoms with E-state index < -0.39 is 14.0 Å². The highest BCUT2D eigenvalue weighted by molar-refractivity contribution is 6.83. The lowest BCUT2D eigenvalue weighted by Crippen LogP contribution is -2.58. The van der Waals surface area contributed by atoms with Crippen LogP contribution >= 0.6 is 0 Å². The van der Waals surface area contributed by atoms with Gasteiger partial charge in [-0.2, -0.15) is 0 Å². The lowest BCUT2D eigenvalue weighted by atomic mass is 9.83. The molecule has 0 aromatic heterocycles. The molecular formula is C19H26O3Si. The Morgan fingerprint density at radius 2 is 1.57 bits per heavy atom. The smallest absolute Gasteiger partial charge is 0.312 e. The zero-order valence-electron chi connectivity index (χ0n) is 14.6.